The average Bonchev–Trinajstić information content (AvgIpc) is 3.34. The van der Waals surface area contributed by atoms with Crippen LogP contribution in [-0.4, -0.2) is 39.3 Å². The Morgan fingerprint density at radius 3 is 2.68 bits per heavy atom. The summed E-state index contributed by atoms with van der Waals surface area (Å²) < 4.78 is 8.15. The molecule has 0 unspecified atom stereocenters. The van der Waals surface area contributed by atoms with Gasteiger partial charge in [-0.1, -0.05) is 18.2 Å². The molecule has 6 heteroatoms. The Morgan fingerprint density at radius 2 is 1.93 bits per heavy atom. The van der Waals surface area contributed by atoms with Crippen molar-refractivity contribution in [3.8, 4) is 11.4 Å². The van der Waals surface area contributed by atoms with Crippen molar-refractivity contribution in [2.75, 3.05) is 13.2 Å². The number of benzene rings is 1. The van der Waals surface area contributed by atoms with E-state index in [4.69, 9.17) is 14.6 Å². The number of carboxylic acid groups (broad SMARTS) is 1. The van der Waals surface area contributed by atoms with Crippen molar-refractivity contribution >= 4 is 6.47 Å². The topological polar surface area (TPSA) is 77.2 Å². The van der Waals surface area contributed by atoms with Crippen LogP contribution >= 0.6 is 0 Å². The molecule has 1 aliphatic rings. The van der Waals surface area contributed by atoms with Crippen molar-refractivity contribution < 1.29 is 14.6 Å². The summed E-state index contributed by atoms with van der Waals surface area (Å²) in [4.78, 5) is 17.1. The summed E-state index contributed by atoms with van der Waals surface area (Å²) in [5.41, 5.74) is 5.10. The summed E-state index contributed by atoms with van der Waals surface area (Å²) in [5.74, 6) is 1.48. The molecule has 1 aromatic carbocycles. The number of rotatable bonds is 4. The lowest BCUT2D eigenvalue weighted by Crippen LogP contribution is -2.20. The first-order valence-electron chi connectivity index (χ1n) is 9.29. The molecular formula is C22H25N3O3. The van der Waals surface area contributed by atoms with Gasteiger partial charge in [-0.15, -0.1) is 0 Å². The zero-order valence-electron chi connectivity index (χ0n) is 16.2. The van der Waals surface area contributed by atoms with Crippen molar-refractivity contribution in [2.45, 2.75) is 26.3 Å². The van der Waals surface area contributed by atoms with Crippen LogP contribution in [0.5, 0.6) is 0 Å². The van der Waals surface area contributed by atoms with E-state index in [1.165, 1.54) is 22.3 Å². The first-order valence-corrected chi connectivity index (χ1v) is 9.29. The lowest BCUT2D eigenvalue weighted by Gasteiger charge is -2.22. The molecule has 2 atom stereocenters. The predicted molar refractivity (Wildman–Crippen MR) is 107 cm³/mol. The number of imidazole rings is 1. The van der Waals surface area contributed by atoms with Crippen LogP contribution in [0.4, 0.5) is 0 Å². The number of hydrogen-bond donors (Lipinski definition) is 1. The van der Waals surface area contributed by atoms with Crippen LogP contribution in [0.3, 0.4) is 0 Å². The molecule has 28 heavy (non-hydrogen) atoms. The maximum atomic E-state index is 8.36. The Hall–Kier alpha value is -2.99. The van der Waals surface area contributed by atoms with Gasteiger partial charge in [-0.2, -0.15) is 0 Å². The molecule has 6 nitrogen and oxygen atoms in total. The summed E-state index contributed by atoms with van der Waals surface area (Å²) in [6.45, 7) is 5.60. The molecule has 3 heterocycles. The number of hydrogen-bond acceptors (Lipinski definition) is 4. The number of carbonyl (C=O) groups is 1. The zero-order valence-corrected chi connectivity index (χ0v) is 16.2. The molecule has 1 aliphatic heterocycles. The number of aromatic nitrogens is 3. The van der Waals surface area contributed by atoms with Crippen molar-refractivity contribution in [2.24, 2.45) is 5.92 Å². The molecule has 3 aromatic rings. The second-order valence-corrected chi connectivity index (χ2v) is 6.94. The van der Waals surface area contributed by atoms with Gasteiger partial charge in [0.1, 0.15) is 5.82 Å². The summed E-state index contributed by atoms with van der Waals surface area (Å²) in [7, 11) is 0. The van der Waals surface area contributed by atoms with Crippen LogP contribution in [0, 0.1) is 19.8 Å². The third-order valence-corrected chi connectivity index (χ3v) is 5.28. The Bertz CT molecular complexity index is 908. The Morgan fingerprint density at radius 1 is 1.18 bits per heavy atom. The van der Waals surface area contributed by atoms with E-state index < -0.39 is 0 Å². The summed E-state index contributed by atoms with van der Waals surface area (Å²) in [6, 6.07) is 10.9. The lowest BCUT2D eigenvalue weighted by atomic mass is 9.94. The fourth-order valence-corrected chi connectivity index (χ4v) is 3.69. The highest BCUT2D eigenvalue weighted by Crippen LogP contribution is 2.33. The van der Waals surface area contributed by atoms with Crippen LogP contribution < -0.4 is 0 Å². The van der Waals surface area contributed by atoms with E-state index in [0.717, 1.165) is 25.5 Å². The molecule has 2 aromatic heterocycles. The molecule has 146 valence electrons. The maximum absolute atomic E-state index is 8.36. The quantitative estimate of drug-likeness (QED) is 0.700. The first kappa shape index (κ1) is 19.8. The van der Waals surface area contributed by atoms with Gasteiger partial charge in [-0.3, -0.25) is 9.78 Å². The molecule has 1 N–H and O–H groups in total. The highest BCUT2D eigenvalue weighted by Gasteiger charge is 2.31. The van der Waals surface area contributed by atoms with E-state index >= 15 is 0 Å². The number of ether oxygens (including phenoxy) is 1. The fraction of sp³-hybridized carbons (Fsp3) is 0.318. The molecule has 0 saturated carbocycles. The smallest absolute Gasteiger partial charge is 0.290 e. The zero-order chi connectivity index (χ0) is 19.9. The molecular weight excluding hydrogens is 354 g/mol. The van der Waals surface area contributed by atoms with Gasteiger partial charge in [-0.05, 0) is 49.1 Å². The molecule has 4 rings (SSSR count). The van der Waals surface area contributed by atoms with Gasteiger partial charge < -0.3 is 14.4 Å². The second kappa shape index (κ2) is 9.28. The highest BCUT2D eigenvalue weighted by molar-refractivity contribution is 5.62. The standard InChI is InChI=1S/C21H23N3O.CH2O2/c1-15-4-3-5-19(16(15)2)21-23-10-11-24(21)20-14-25-13-18(20)12-17-6-8-22-9-7-17;2-1-3/h3-11,18,20H,12-14H2,1-2H3;1H,(H,2,3)/t18-,20-;/m1./s1. The van der Waals surface area contributed by atoms with Crippen LogP contribution in [0.15, 0.2) is 55.1 Å². The fourth-order valence-electron chi connectivity index (χ4n) is 3.69. The van der Waals surface area contributed by atoms with Crippen LogP contribution in [-0.2, 0) is 16.0 Å². The normalized spacial score (nSPS) is 18.4. The van der Waals surface area contributed by atoms with Crippen LogP contribution in [0.1, 0.15) is 22.7 Å². The molecule has 0 spiro atoms. The minimum atomic E-state index is -0.250. The first-order chi connectivity index (χ1) is 13.7. The van der Waals surface area contributed by atoms with E-state index in [-0.39, 0.29) is 6.47 Å². The SMILES string of the molecule is Cc1cccc(-c2nccn2[C@@H]2COC[C@H]2Cc2ccncc2)c1C.O=CO. The predicted octanol–water partition coefficient (Wildman–Crippen LogP) is 3.69. The van der Waals surface area contributed by atoms with Crippen molar-refractivity contribution in [1.82, 2.24) is 14.5 Å². The Labute approximate surface area is 164 Å². The molecule has 0 bridgehead atoms. The monoisotopic (exact) mass is 379 g/mol. The summed E-state index contributed by atoms with van der Waals surface area (Å²) in [6.07, 6.45) is 8.71. The highest BCUT2D eigenvalue weighted by atomic mass is 16.5. The van der Waals surface area contributed by atoms with Gasteiger partial charge in [0.2, 0.25) is 0 Å². The van der Waals surface area contributed by atoms with E-state index in [1.54, 1.807) is 0 Å². The Balaban J connectivity index is 0.000000706. The van der Waals surface area contributed by atoms with E-state index in [0.29, 0.717) is 12.0 Å². The van der Waals surface area contributed by atoms with Crippen LogP contribution in [0.25, 0.3) is 11.4 Å². The van der Waals surface area contributed by atoms with Crippen LogP contribution in [0.2, 0.25) is 0 Å². The van der Waals surface area contributed by atoms with Crippen molar-refractivity contribution in [3.63, 3.8) is 0 Å². The maximum Gasteiger partial charge on any atom is 0.290 e. The summed E-state index contributed by atoms with van der Waals surface area (Å²) >= 11 is 0. The average molecular weight is 379 g/mol. The van der Waals surface area contributed by atoms with Crippen molar-refractivity contribution in [3.05, 3.63) is 71.8 Å². The molecule has 1 saturated heterocycles. The van der Waals surface area contributed by atoms with E-state index in [1.807, 2.05) is 18.6 Å². The second-order valence-electron chi connectivity index (χ2n) is 6.94. The largest absolute Gasteiger partial charge is 0.483 e. The van der Waals surface area contributed by atoms with E-state index in [9.17, 15) is 0 Å². The third-order valence-electron chi connectivity index (χ3n) is 5.28. The molecule has 0 radical (unpaired) electrons. The van der Waals surface area contributed by atoms with Crippen molar-refractivity contribution in [1.29, 1.82) is 0 Å². The molecule has 1 fully saturated rings. The minimum absolute atomic E-state index is 0.250. The Kier molecular flexibility index (Phi) is 6.55. The summed E-state index contributed by atoms with van der Waals surface area (Å²) in [5, 5.41) is 6.89. The number of pyridine rings is 1. The van der Waals surface area contributed by atoms with Gasteiger partial charge in [-0.25, -0.2) is 4.98 Å². The van der Waals surface area contributed by atoms with Gasteiger partial charge in [0.15, 0.2) is 0 Å². The van der Waals surface area contributed by atoms with Gasteiger partial charge in [0, 0.05) is 36.3 Å². The van der Waals surface area contributed by atoms with Gasteiger partial charge >= 0.3 is 0 Å². The minimum Gasteiger partial charge on any atom is -0.483 e. The molecule has 0 aliphatic carbocycles. The number of nitrogens with zero attached hydrogens (tertiary/aromatic N) is 3. The third kappa shape index (κ3) is 4.28. The number of aryl methyl sites for hydroxylation is 1. The molecule has 0 amide bonds. The van der Waals surface area contributed by atoms with E-state index in [2.05, 4.69) is 64.9 Å². The van der Waals surface area contributed by atoms with Gasteiger partial charge in [0.25, 0.3) is 6.47 Å². The lowest BCUT2D eigenvalue weighted by molar-refractivity contribution is -0.122. The van der Waals surface area contributed by atoms with Gasteiger partial charge in [0.05, 0.1) is 19.3 Å².